The number of amides is 4. The quantitative estimate of drug-likeness (QED) is 0.695. The SMILES string of the molecule is CN(CCN)Cc1ccc2c(c1)C(=O)N(C1CCC(=O)NC1=O)C2=O. The van der Waals surface area contributed by atoms with Crippen LogP contribution >= 0.6 is 0 Å². The maximum Gasteiger partial charge on any atom is 0.262 e. The summed E-state index contributed by atoms with van der Waals surface area (Å²) in [6, 6.07) is 4.17. The highest BCUT2D eigenvalue weighted by molar-refractivity contribution is 6.23. The highest BCUT2D eigenvalue weighted by Gasteiger charge is 2.44. The molecular formula is C17H20N4O4. The van der Waals surface area contributed by atoms with E-state index in [1.54, 1.807) is 18.2 Å². The maximum absolute atomic E-state index is 12.7. The van der Waals surface area contributed by atoms with Crippen molar-refractivity contribution in [2.75, 3.05) is 20.1 Å². The second kappa shape index (κ2) is 6.73. The molecule has 2 aliphatic heterocycles. The monoisotopic (exact) mass is 344 g/mol. The zero-order chi connectivity index (χ0) is 18.1. The van der Waals surface area contributed by atoms with E-state index in [1.807, 2.05) is 11.9 Å². The summed E-state index contributed by atoms with van der Waals surface area (Å²) in [5.74, 6) is -1.97. The summed E-state index contributed by atoms with van der Waals surface area (Å²) < 4.78 is 0. The van der Waals surface area contributed by atoms with Crippen molar-refractivity contribution in [3.63, 3.8) is 0 Å². The molecule has 8 heteroatoms. The van der Waals surface area contributed by atoms with Crippen LogP contribution in [0, 0.1) is 0 Å². The summed E-state index contributed by atoms with van der Waals surface area (Å²) in [7, 11) is 1.92. The van der Waals surface area contributed by atoms with E-state index in [9.17, 15) is 19.2 Å². The van der Waals surface area contributed by atoms with Crippen molar-refractivity contribution in [2.24, 2.45) is 5.73 Å². The minimum Gasteiger partial charge on any atom is -0.329 e. The van der Waals surface area contributed by atoms with Crippen LogP contribution in [0.3, 0.4) is 0 Å². The molecule has 1 saturated heterocycles. The molecule has 0 aromatic heterocycles. The number of fused-ring (bicyclic) bond motifs is 1. The van der Waals surface area contributed by atoms with Gasteiger partial charge in [-0.1, -0.05) is 6.07 Å². The summed E-state index contributed by atoms with van der Waals surface area (Å²) in [6.07, 6.45) is 0.265. The van der Waals surface area contributed by atoms with Crippen molar-refractivity contribution in [1.82, 2.24) is 15.1 Å². The average Bonchev–Trinajstić information content (AvgIpc) is 2.79. The first-order valence-electron chi connectivity index (χ1n) is 8.15. The number of benzene rings is 1. The van der Waals surface area contributed by atoms with Gasteiger partial charge in [0.15, 0.2) is 0 Å². The topological polar surface area (TPSA) is 113 Å². The third kappa shape index (κ3) is 3.18. The van der Waals surface area contributed by atoms with Crippen molar-refractivity contribution in [2.45, 2.75) is 25.4 Å². The Bertz CT molecular complexity index is 761. The van der Waals surface area contributed by atoms with Gasteiger partial charge < -0.3 is 10.6 Å². The Hall–Kier alpha value is -2.58. The highest BCUT2D eigenvalue weighted by Crippen LogP contribution is 2.28. The molecule has 0 spiro atoms. The van der Waals surface area contributed by atoms with Crippen molar-refractivity contribution in [1.29, 1.82) is 0 Å². The molecule has 25 heavy (non-hydrogen) atoms. The van der Waals surface area contributed by atoms with Crippen molar-refractivity contribution >= 4 is 23.6 Å². The van der Waals surface area contributed by atoms with Gasteiger partial charge in [-0.15, -0.1) is 0 Å². The van der Waals surface area contributed by atoms with Crippen molar-refractivity contribution in [3.05, 3.63) is 34.9 Å². The van der Waals surface area contributed by atoms with Gasteiger partial charge in [-0.2, -0.15) is 0 Å². The van der Waals surface area contributed by atoms with E-state index in [-0.39, 0.29) is 18.7 Å². The van der Waals surface area contributed by atoms with E-state index in [4.69, 9.17) is 5.73 Å². The molecule has 0 saturated carbocycles. The number of carbonyl (C=O) groups excluding carboxylic acids is 4. The van der Waals surface area contributed by atoms with Crippen molar-refractivity contribution < 1.29 is 19.2 Å². The number of hydrogen-bond donors (Lipinski definition) is 2. The van der Waals surface area contributed by atoms with Gasteiger partial charge in [0, 0.05) is 26.1 Å². The van der Waals surface area contributed by atoms with Crippen LogP contribution in [0.4, 0.5) is 0 Å². The fourth-order valence-electron chi connectivity index (χ4n) is 3.23. The molecule has 0 bridgehead atoms. The predicted molar refractivity (Wildman–Crippen MR) is 88.5 cm³/mol. The van der Waals surface area contributed by atoms with E-state index in [1.165, 1.54) is 0 Å². The van der Waals surface area contributed by atoms with Crippen LogP contribution in [0.2, 0.25) is 0 Å². The molecule has 3 rings (SSSR count). The van der Waals surface area contributed by atoms with Gasteiger partial charge in [0.2, 0.25) is 11.8 Å². The standard InChI is InChI=1S/C17H20N4O4/c1-20(7-6-18)9-10-2-3-11-12(8-10)17(25)21(16(11)24)13-4-5-14(22)19-15(13)23/h2-3,8,13H,4-7,9,18H2,1H3,(H,19,22,23). The molecule has 1 aromatic carbocycles. The zero-order valence-corrected chi connectivity index (χ0v) is 13.9. The second-order valence-corrected chi connectivity index (χ2v) is 6.35. The molecule has 1 fully saturated rings. The molecule has 1 unspecified atom stereocenters. The van der Waals surface area contributed by atoms with Gasteiger partial charge >= 0.3 is 0 Å². The van der Waals surface area contributed by atoms with Crippen LogP contribution in [-0.4, -0.2) is 59.6 Å². The predicted octanol–water partition coefficient (Wildman–Crippen LogP) is -0.522. The van der Waals surface area contributed by atoms with Crippen LogP contribution in [0.25, 0.3) is 0 Å². The Labute approximate surface area is 144 Å². The zero-order valence-electron chi connectivity index (χ0n) is 13.9. The van der Waals surface area contributed by atoms with E-state index in [0.717, 1.165) is 10.5 Å². The maximum atomic E-state index is 12.7. The Balaban J connectivity index is 1.84. The molecular weight excluding hydrogens is 324 g/mol. The van der Waals surface area contributed by atoms with Gasteiger partial charge in [0.1, 0.15) is 6.04 Å². The number of carbonyl (C=O) groups is 4. The summed E-state index contributed by atoms with van der Waals surface area (Å²) in [6.45, 7) is 1.85. The number of hydrogen-bond acceptors (Lipinski definition) is 6. The number of piperidine rings is 1. The Morgan fingerprint density at radius 1 is 1.20 bits per heavy atom. The van der Waals surface area contributed by atoms with Gasteiger partial charge in [-0.05, 0) is 31.2 Å². The summed E-state index contributed by atoms with van der Waals surface area (Å²) in [4.78, 5) is 51.6. The number of imide groups is 2. The lowest BCUT2D eigenvalue weighted by molar-refractivity contribution is -0.136. The lowest BCUT2D eigenvalue weighted by Gasteiger charge is -2.27. The normalized spacial score (nSPS) is 20.3. The molecule has 8 nitrogen and oxygen atoms in total. The molecule has 0 radical (unpaired) electrons. The Morgan fingerprint density at radius 3 is 2.60 bits per heavy atom. The van der Waals surface area contributed by atoms with Gasteiger partial charge in [-0.25, -0.2) is 0 Å². The minimum absolute atomic E-state index is 0.110. The average molecular weight is 344 g/mol. The van der Waals surface area contributed by atoms with E-state index in [0.29, 0.717) is 30.8 Å². The third-order valence-electron chi connectivity index (χ3n) is 4.47. The summed E-state index contributed by atoms with van der Waals surface area (Å²) in [5, 5.41) is 2.18. The second-order valence-electron chi connectivity index (χ2n) is 6.35. The van der Waals surface area contributed by atoms with E-state index >= 15 is 0 Å². The third-order valence-corrected chi connectivity index (χ3v) is 4.47. The first-order valence-corrected chi connectivity index (χ1v) is 8.15. The Morgan fingerprint density at radius 2 is 1.92 bits per heavy atom. The number of nitrogens with two attached hydrogens (primary N) is 1. The fourth-order valence-corrected chi connectivity index (χ4v) is 3.23. The molecule has 3 N–H and O–H groups in total. The Kier molecular flexibility index (Phi) is 4.65. The molecule has 1 aromatic rings. The first kappa shape index (κ1) is 17.2. The van der Waals surface area contributed by atoms with Gasteiger partial charge in [0.25, 0.3) is 11.8 Å². The number of rotatable bonds is 5. The van der Waals surface area contributed by atoms with Gasteiger partial charge in [-0.3, -0.25) is 29.4 Å². The van der Waals surface area contributed by atoms with Crippen LogP contribution in [0.5, 0.6) is 0 Å². The highest BCUT2D eigenvalue weighted by atomic mass is 16.2. The lowest BCUT2D eigenvalue weighted by atomic mass is 10.0. The molecule has 2 heterocycles. The largest absolute Gasteiger partial charge is 0.329 e. The van der Waals surface area contributed by atoms with Crippen LogP contribution in [0.1, 0.15) is 39.1 Å². The van der Waals surface area contributed by atoms with Crippen molar-refractivity contribution in [3.8, 4) is 0 Å². The summed E-state index contributed by atoms with van der Waals surface area (Å²) in [5.41, 5.74) is 7.01. The molecule has 0 aliphatic carbocycles. The lowest BCUT2D eigenvalue weighted by Crippen LogP contribution is -2.54. The van der Waals surface area contributed by atoms with E-state index in [2.05, 4.69) is 5.32 Å². The van der Waals surface area contributed by atoms with Crippen LogP contribution in [-0.2, 0) is 16.1 Å². The van der Waals surface area contributed by atoms with E-state index < -0.39 is 23.8 Å². The molecule has 132 valence electrons. The van der Waals surface area contributed by atoms with Gasteiger partial charge in [0.05, 0.1) is 11.1 Å². The summed E-state index contributed by atoms with van der Waals surface area (Å²) >= 11 is 0. The minimum atomic E-state index is -0.937. The smallest absolute Gasteiger partial charge is 0.262 e. The first-order chi connectivity index (χ1) is 11.9. The number of nitrogens with zero attached hydrogens (tertiary/aromatic N) is 2. The molecule has 1 atom stereocenters. The van der Waals surface area contributed by atoms with Crippen LogP contribution in [0.15, 0.2) is 18.2 Å². The fraction of sp³-hybridized carbons (Fsp3) is 0.412. The number of likely N-dealkylation sites (N-methyl/N-ethyl adjacent to an activating group) is 1. The molecule has 2 aliphatic rings. The number of nitrogens with one attached hydrogen (secondary N) is 1. The van der Waals surface area contributed by atoms with Crippen LogP contribution < -0.4 is 11.1 Å². The molecule has 4 amide bonds.